The van der Waals surface area contributed by atoms with Crippen molar-refractivity contribution in [3.8, 4) is 5.69 Å². The average molecular weight is 525 g/mol. The van der Waals surface area contributed by atoms with Gasteiger partial charge < -0.3 is 5.32 Å². The molecule has 0 aliphatic carbocycles. The molecule has 192 valence electrons. The van der Waals surface area contributed by atoms with Crippen LogP contribution in [-0.2, 0) is 10.8 Å². The first-order valence-corrected chi connectivity index (χ1v) is 14.1. The van der Waals surface area contributed by atoms with Crippen molar-refractivity contribution in [3.05, 3.63) is 95.6 Å². The molecule has 0 bridgehead atoms. The SMILES string of the molecule is C=Cc1c(/C(=C\C)C(=C)NC(CCC)c2ccnc(S(C)=O)c2)cnn1-c1ccc(Cl)cc1.CCC. The van der Waals surface area contributed by atoms with Crippen LogP contribution in [0.5, 0.6) is 0 Å². The summed E-state index contributed by atoms with van der Waals surface area (Å²) >= 11 is 6.04. The minimum absolute atomic E-state index is 0.0150. The van der Waals surface area contributed by atoms with Crippen molar-refractivity contribution in [2.75, 3.05) is 6.26 Å². The van der Waals surface area contributed by atoms with Gasteiger partial charge in [0.05, 0.1) is 34.4 Å². The minimum atomic E-state index is -1.14. The van der Waals surface area contributed by atoms with Gasteiger partial charge in [-0.2, -0.15) is 5.10 Å². The van der Waals surface area contributed by atoms with E-state index in [1.54, 1.807) is 18.5 Å². The van der Waals surface area contributed by atoms with Crippen LogP contribution in [0.25, 0.3) is 17.3 Å². The first kappa shape index (κ1) is 29.3. The van der Waals surface area contributed by atoms with Gasteiger partial charge in [-0.15, -0.1) is 0 Å². The van der Waals surface area contributed by atoms with Gasteiger partial charge in [-0.05, 0) is 61.4 Å². The van der Waals surface area contributed by atoms with Crippen molar-refractivity contribution in [1.82, 2.24) is 20.1 Å². The van der Waals surface area contributed by atoms with E-state index in [0.29, 0.717) is 10.0 Å². The van der Waals surface area contributed by atoms with Crippen LogP contribution in [0.2, 0.25) is 5.02 Å². The Labute approximate surface area is 223 Å². The standard InChI is InChI=1S/C26H29ClN4OS.C3H8/c1-6-9-24(19-14-15-28-26(16-19)33(5)32)30-18(4)22(7-2)23-17-29-31(25(23)8-3)21-12-10-20(27)11-13-21;1-3-2/h7-8,10-17,24,30H,3-4,6,9H2,1-2,5H3;3H2,1-2H3/b22-7-;. The van der Waals surface area contributed by atoms with Crippen LogP contribution in [0.4, 0.5) is 0 Å². The Morgan fingerprint density at radius 2 is 1.89 bits per heavy atom. The topological polar surface area (TPSA) is 59.8 Å². The molecule has 0 saturated heterocycles. The van der Waals surface area contributed by atoms with Crippen LogP contribution < -0.4 is 5.32 Å². The molecule has 2 atom stereocenters. The lowest BCUT2D eigenvalue weighted by Crippen LogP contribution is -2.21. The Kier molecular flexibility index (Phi) is 11.8. The summed E-state index contributed by atoms with van der Waals surface area (Å²) < 4.78 is 13.8. The first-order chi connectivity index (χ1) is 17.3. The van der Waals surface area contributed by atoms with Crippen molar-refractivity contribution in [1.29, 1.82) is 0 Å². The fourth-order valence-corrected chi connectivity index (χ4v) is 4.38. The van der Waals surface area contributed by atoms with E-state index in [2.05, 4.69) is 49.3 Å². The van der Waals surface area contributed by atoms with E-state index in [1.165, 1.54) is 6.42 Å². The zero-order chi connectivity index (χ0) is 26.7. The number of aromatic nitrogens is 3. The summed E-state index contributed by atoms with van der Waals surface area (Å²) in [5.41, 5.74) is 5.46. The zero-order valence-corrected chi connectivity index (χ0v) is 23.5. The van der Waals surface area contributed by atoms with E-state index in [0.717, 1.165) is 46.6 Å². The highest BCUT2D eigenvalue weighted by Gasteiger charge is 2.19. The highest BCUT2D eigenvalue weighted by atomic mass is 35.5. The molecular formula is C29H37ClN4OS. The lowest BCUT2D eigenvalue weighted by atomic mass is 9.99. The second-order valence-corrected chi connectivity index (χ2v) is 10.1. The van der Waals surface area contributed by atoms with Gasteiger partial charge in [0.15, 0.2) is 0 Å². The molecule has 0 radical (unpaired) electrons. The van der Waals surface area contributed by atoms with Gasteiger partial charge in [-0.1, -0.05) is 64.4 Å². The molecule has 0 aliphatic rings. The van der Waals surface area contributed by atoms with E-state index in [9.17, 15) is 4.21 Å². The van der Waals surface area contributed by atoms with Gasteiger partial charge in [0.2, 0.25) is 0 Å². The molecule has 0 spiro atoms. The predicted octanol–water partition coefficient (Wildman–Crippen LogP) is 7.77. The summed E-state index contributed by atoms with van der Waals surface area (Å²) in [5, 5.41) is 9.42. The number of halogens is 1. The predicted molar refractivity (Wildman–Crippen MR) is 155 cm³/mol. The first-order valence-electron chi connectivity index (χ1n) is 12.2. The second kappa shape index (κ2) is 14.6. The maximum Gasteiger partial charge on any atom is 0.127 e. The molecule has 3 rings (SSSR count). The van der Waals surface area contributed by atoms with E-state index < -0.39 is 10.8 Å². The molecule has 2 unspecified atom stereocenters. The highest BCUT2D eigenvalue weighted by molar-refractivity contribution is 7.84. The third kappa shape index (κ3) is 7.52. The molecule has 36 heavy (non-hydrogen) atoms. The molecule has 7 heteroatoms. The molecule has 2 heterocycles. The molecule has 1 aromatic carbocycles. The van der Waals surface area contributed by atoms with Crippen LogP contribution >= 0.6 is 11.6 Å². The molecule has 0 aliphatic heterocycles. The largest absolute Gasteiger partial charge is 0.378 e. The van der Waals surface area contributed by atoms with Gasteiger partial charge in [0, 0.05) is 34.3 Å². The van der Waals surface area contributed by atoms with Crippen molar-refractivity contribution in [3.63, 3.8) is 0 Å². The summed E-state index contributed by atoms with van der Waals surface area (Å²) in [6.07, 6.45) is 12.1. The normalized spacial score (nSPS) is 12.8. The Morgan fingerprint density at radius 1 is 1.22 bits per heavy atom. The number of hydrogen-bond donors (Lipinski definition) is 1. The second-order valence-electron chi connectivity index (χ2n) is 8.29. The Morgan fingerprint density at radius 3 is 2.44 bits per heavy atom. The van der Waals surface area contributed by atoms with Crippen LogP contribution in [0.1, 0.15) is 69.8 Å². The smallest absolute Gasteiger partial charge is 0.127 e. The molecule has 0 saturated carbocycles. The van der Waals surface area contributed by atoms with E-state index in [1.807, 2.05) is 60.3 Å². The molecule has 5 nitrogen and oxygen atoms in total. The van der Waals surface area contributed by atoms with Gasteiger partial charge >= 0.3 is 0 Å². The van der Waals surface area contributed by atoms with Crippen molar-refractivity contribution in [2.45, 2.75) is 58.0 Å². The molecule has 2 aromatic heterocycles. The monoisotopic (exact) mass is 524 g/mol. The summed E-state index contributed by atoms with van der Waals surface area (Å²) in [4.78, 5) is 4.23. The number of allylic oxidation sites excluding steroid dienone is 2. The van der Waals surface area contributed by atoms with Gasteiger partial charge in [0.25, 0.3) is 0 Å². The van der Waals surface area contributed by atoms with Crippen LogP contribution in [-0.4, -0.2) is 25.2 Å². The number of nitrogens with one attached hydrogen (secondary N) is 1. The quantitative estimate of drug-likeness (QED) is 0.275. The third-order valence-electron chi connectivity index (χ3n) is 5.36. The Hall–Kier alpha value is -2.96. The van der Waals surface area contributed by atoms with Crippen LogP contribution in [0, 0.1) is 0 Å². The summed E-state index contributed by atoms with van der Waals surface area (Å²) in [7, 11) is -1.14. The molecule has 3 aromatic rings. The van der Waals surface area contributed by atoms with Gasteiger partial charge in [0.1, 0.15) is 5.03 Å². The highest BCUT2D eigenvalue weighted by Crippen LogP contribution is 2.30. The number of hydrogen-bond acceptors (Lipinski definition) is 4. The van der Waals surface area contributed by atoms with E-state index in [-0.39, 0.29) is 6.04 Å². The third-order valence-corrected chi connectivity index (χ3v) is 6.42. The molecule has 1 N–H and O–H groups in total. The lowest BCUT2D eigenvalue weighted by molar-refractivity contribution is 0.551. The number of rotatable bonds is 10. The van der Waals surface area contributed by atoms with E-state index >= 15 is 0 Å². The van der Waals surface area contributed by atoms with Gasteiger partial charge in [-0.3, -0.25) is 4.21 Å². The zero-order valence-electron chi connectivity index (χ0n) is 21.9. The van der Waals surface area contributed by atoms with Crippen LogP contribution in [0.3, 0.4) is 0 Å². The van der Waals surface area contributed by atoms with E-state index in [4.69, 9.17) is 11.6 Å². The number of benzene rings is 1. The summed E-state index contributed by atoms with van der Waals surface area (Å²) in [6.45, 7) is 16.7. The van der Waals surface area contributed by atoms with Crippen molar-refractivity contribution >= 4 is 34.0 Å². The molecule has 0 fully saturated rings. The lowest BCUT2D eigenvalue weighted by Gasteiger charge is -2.23. The summed E-state index contributed by atoms with van der Waals surface area (Å²) in [5.74, 6) is 0. The fourth-order valence-electron chi connectivity index (χ4n) is 3.74. The van der Waals surface area contributed by atoms with Gasteiger partial charge in [-0.25, -0.2) is 9.67 Å². The van der Waals surface area contributed by atoms with Crippen molar-refractivity contribution in [2.24, 2.45) is 0 Å². The summed E-state index contributed by atoms with van der Waals surface area (Å²) in [6, 6.07) is 11.4. The molecule has 0 amide bonds. The fraction of sp³-hybridized carbons (Fsp3) is 0.310. The van der Waals surface area contributed by atoms with Crippen molar-refractivity contribution < 1.29 is 4.21 Å². The minimum Gasteiger partial charge on any atom is -0.378 e. The maximum atomic E-state index is 11.9. The van der Waals surface area contributed by atoms with Crippen LogP contribution in [0.15, 0.2) is 78.7 Å². The Bertz CT molecular complexity index is 1210. The average Bonchev–Trinajstić information content (AvgIpc) is 3.29. The number of nitrogens with zero attached hydrogens (tertiary/aromatic N) is 3. The maximum absolute atomic E-state index is 11.9. The Balaban J connectivity index is 0.00000145. The number of pyridine rings is 1. The molecular weight excluding hydrogens is 488 g/mol.